The first-order valence-corrected chi connectivity index (χ1v) is 18.4. The minimum Gasteiger partial charge on any atom is -0.453 e. The summed E-state index contributed by atoms with van der Waals surface area (Å²) in [5.74, 6) is 0.379. The highest BCUT2D eigenvalue weighted by atomic mass is 19.4. The van der Waals surface area contributed by atoms with Gasteiger partial charge in [-0.25, -0.2) is 0 Å². The number of benzene rings is 6. The second-order valence-electron chi connectivity index (χ2n) is 14.2. The molecule has 1 unspecified atom stereocenters. The normalized spacial score (nSPS) is 15.5. The smallest absolute Gasteiger partial charge is 0.419 e. The average molecular weight is 795 g/mol. The van der Waals surface area contributed by atoms with Crippen molar-refractivity contribution in [3.8, 4) is 51.6 Å². The number of fused-ring (bicyclic) bond motifs is 3. The predicted molar refractivity (Wildman–Crippen MR) is 211 cm³/mol. The first kappa shape index (κ1) is 37.2. The van der Waals surface area contributed by atoms with Gasteiger partial charge in [0.05, 0.1) is 68.5 Å². The number of hydrogen-bond acceptors (Lipinski definition) is 6. The highest BCUT2D eigenvalue weighted by molar-refractivity contribution is 6.06. The number of nitriles is 2. The summed E-state index contributed by atoms with van der Waals surface area (Å²) in [6.45, 7) is 1.89. The summed E-state index contributed by atoms with van der Waals surface area (Å²) in [7, 11) is 0. The van der Waals surface area contributed by atoms with Gasteiger partial charge in [-0.05, 0) is 90.2 Å². The summed E-state index contributed by atoms with van der Waals surface area (Å²) >= 11 is 0. The Balaban J connectivity index is 1.58. The number of anilines is 5. The van der Waals surface area contributed by atoms with Gasteiger partial charge in [-0.1, -0.05) is 73.7 Å². The van der Waals surface area contributed by atoms with Crippen molar-refractivity contribution in [1.29, 1.82) is 10.5 Å². The Hall–Kier alpha value is -7.44. The molecule has 290 valence electrons. The lowest BCUT2D eigenvalue weighted by molar-refractivity contribution is -0.141. The summed E-state index contributed by atoms with van der Waals surface area (Å²) < 4.78 is 113. The maximum Gasteiger partial charge on any atom is 0.419 e. The molecule has 1 atom stereocenters. The monoisotopic (exact) mass is 794 g/mol. The Morgan fingerprint density at radius 1 is 0.559 bits per heavy atom. The van der Waals surface area contributed by atoms with E-state index in [-0.39, 0.29) is 74.7 Å². The molecule has 0 saturated heterocycles. The van der Waals surface area contributed by atoms with E-state index < -0.39 is 46.0 Å². The summed E-state index contributed by atoms with van der Waals surface area (Å²) in [5, 5.41) is 19.5. The fourth-order valence-electron chi connectivity index (χ4n) is 8.02. The van der Waals surface area contributed by atoms with Crippen molar-refractivity contribution < 1.29 is 35.8 Å². The van der Waals surface area contributed by atoms with Crippen LogP contribution in [0.2, 0.25) is 0 Å². The number of para-hydroxylation sites is 6. The van der Waals surface area contributed by atoms with Crippen LogP contribution in [0, 0.1) is 28.6 Å². The van der Waals surface area contributed by atoms with E-state index in [2.05, 4.69) is 0 Å². The topological polar surface area (TPSA) is 72.5 Å². The number of alkyl halides is 6. The molecule has 2 heterocycles. The molecule has 0 saturated carbocycles. The van der Waals surface area contributed by atoms with E-state index in [1.54, 1.807) is 42.5 Å². The minimum absolute atomic E-state index is 0.0382. The van der Waals surface area contributed by atoms with Crippen molar-refractivity contribution in [3.05, 3.63) is 167 Å². The molecule has 1 aliphatic carbocycles. The fraction of sp³-hybridized carbons (Fsp3) is 0.106. The van der Waals surface area contributed by atoms with Crippen LogP contribution >= 0.6 is 0 Å². The van der Waals surface area contributed by atoms with Gasteiger partial charge in [0.2, 0.25) is 0 Å². The van der Waals surface area contributed by atoms with Crippen LogP contribution in [0.3, 0.4) is 0 Å². The van der Waals surface area contributed by atoms with Crippen LogP contribution in [-0.4, -0.2) is 0 Å². The largest absolute Gasteiger partial charge is 0.453 e. The van der Waals surface area contributed by atoms with E-state index in [4.69, 9.17) is 9.47 Å². The van der Waals surface area contributed by atoms with Gasteiger partial charge in [0.15, 0.2) is 17.2 Å². The van der Waals surface area contributed by atoms with E-state index in [0.717, 1.165) is 4.90 Å². The number of hydrogen-bond donors (Lipinski definition) is 0. The van der Waals surface area contributed by atoms with Crippen molar-refractivity contribution in [3.63, 3.8) is 0 Å². The Bertz CT molecular complexity index is 2690. The molecule has 0 radical (unpaired) electrons. The van der Waals surface area contributed by atoms with Crippen molar-refractivity contribution in [2.75, 3.05) is 9.80 Å². The second kappa shape index (κ2) is 13.9. The van der Waals surface area contributed by atoms with Gasteiger partial charge < -0.3 is 19.3 Å². The number of nitrogens with zero attached hydrogens (tertiary/aromatic N) is 4. The zero-order chi connectivity index (χ0) is 41.2. The molecule has 0 spiro atoms. The molecule has 0 amide bonds. The van der Waals surface area contributed by atoms with Gasteiger partial charge >= 0.3 is 12.4 Å². The zero-order valence-corrected chi connectivity index (χ0v) is 30.9. The van der Waals surface area contributed by atoms with Gasteiger partial charge in [-0.2, -0.15) is 36.9 Å². The molecule has 6 nitrogen and oxygen atoms in total. The van der Waals surface area contributed by atoms with Crippen LogP contribution < -0.4 is 19.3 Å². The quantitative estimate of drug-likeness (QED) is 0.165. The first-order valence-electron chi connectivity index (χ1n) is 18.4. The van der Waals surface area contributed by atoms with Crippen LogP contribution in [-0.2, 0) is 12.4 Å². The molecule has 6 aromatic carbocycles. The number of rotatable bonds is 4. The van der Waals surface area contributed by atoms with E-state index in [9.17, 15) is 10.5 Å². The van der Waals surface area contributed by atoms with E-state index in [0.29, 0.717) is 5.70 Å². The van der Waals surface area contributed by atoms with Crippen molar-refractivity contribution in [2.45, 2.75) is 25.7 Å². The molecule has 59 heavy (non-hydrogen) atoms. The average Bonchev–Trinajstić information content (AvgIpc) is 3.23. The van der Waals surface area contributed by atoms with Crippen molar-refractivity contribution >= 4 is 28.4 Å². The maximum absolute atomic E-state index is 16.7. The van der Waals surface area contributed by atoms with E-state index in [1.165, 1.54) is 89.8 Å². The third-order valence-electron chi connectivity index (χ3n) is 10.5. The Kier molecular flexibility index (Phi) is 8.75. The predicted octanol–water partition coefficient (Wildman–Crippen LogP) is 13.7. The maximum atomic E-state index is 16.7. The molecule has 6 aromatic rings. The molecular weight excluding hydrogens is 767 g/mol. The molecule has 0 bridgehead atoms. The van der Waals surface area contributed by atoms with Crippen LogP contribution in [0.5, 0.6) is 17.2 Å². The molecule has 0 fully saturated rings. The standard InChI is InChI=1S/C47H28F6N4O2/c1-27-14-23-39-35(24-27)57(34-10-4-7-13-38(34)59-39)44-40(30-19-15-28(25-54)16-20-30)42(46(48,49)50)45(43(47(51,52)53)41(44)31-21-17-29(26-55)18-22-31)56-32-8-2-5-11-36(32)58-37-12-6-3-9-33(37)56/h2-23,27H,24H2,1H3. The Labute approximate surface area is 334 Å². The van der Waals surface area contributed by atoms with Gasteiger partial charge in [0.1, 0.15) is 5.76 Å². The molecule has 3 aliphatic rings. The fourth-order valence-corrected chi connectivity index (χ4v) is 8.02. The summed E-state index contributed by atoms with van der Waals surface area (Å²) in [6, 6.07) is 33.0. The highest BCUT2D eigenvalue weighted by Gasteiger charge is 2.51. The summed E-state index contributed by atoms with van der Waals surface area (Å²) in [4.78, 5) is 2.44. The number of ether oxygens (including phenoxy) is 2. The van der Waals surface area contributed by atoms with E-state index >= 15 is 26.3 Å². The van der Waals surface area contributed by atoms with Gasteiger partial charge in [0.25, 0.3) is 0 Å². The second-order valence-corrected chi connectivity index (χ2v) is 14.2. The van der Waals surface area contributed by atoms with Gasteiger partial charge in [0, 0.05) is 11.1 Å². The molecule has 12 heteroatoms. The van der Waals surface area contributed by atoms with Crippen molar-refractivity contribution in [2.24, 2.45) is 5.92 Å². The molecular formula is C47H28F6N4O2. The Morgan fingerprint density at radius 2 is 0.983 bits per heavy atom. The number of halogens is 6. The lowest BCUT2D eigenvalue weighted by atomic mass is 9.82. The number of allylic oxidation sites excluding steroid dienone is 3. The van der Waals surface area contributed by atoms with Gasteiger partial charge in [-0.3, -0.25) is 0 Å². The zero-order valence-electron chi connectivity index (χ0n) is 30.9. The summed E-state index contributed by atoms with van der Waals surface area (Å²) in [6.07, 6.45) is -7.13. The molecule has 9 rings (SSSR count). The third kappa shape index (κ3) is 6.21. The molecule has 0 aromatic heterocycles. The highest BCUT2D eigenvalue weighted by Crippen LogP contribution is 2.64. The lowest BCUT2D eigenvalue weighted by Crippen LogP contribution is -2.31. The minimum atomic E-state index is -5.44. The third-order valence-corrected chi connectivity index (χ3v) is 10.5. The molecule has 0 N–H and O–H groups in total. The molecule has 2 aliphatic heterocycles. The van der Waals surface area contributed by atoms with E-state index in [1.807, 2.05) is 25.1 Å². The van der Waals surface area contributed by atoms with Crippen LogP contribution in [0.25, 0.3) is 22.3 Å². The SMILES string of the molecule is CC1C=CC2=C(C1)N(c1c(-c3ccc(C#N)cc3)c(C(F)(F)F)c(N3c4ccccc4Oc4ccccc43)c(C(F)(F)F)c1-c1ccc(C#N)cc1)c1ccccc1O2. The van der Waals surface area contributed by atoms with Crippen LogP contribution in [0.1, 0.15) is 35.6 Å². The van der Waals surface area contributed by atoms with Crippen LogP contribution in [0.4, 0.5) is 54.8 Å². The van der Waals surface area contributed by atoms with Crippen LogP contribution in [0.15, 0.2) is 145 Å². The van der Waals surface area contributed by atoms with Gasteiger partial charge in [-0.15, -0.1) is 0 Å². The lowest BCUT2D eigenvalue weighted by Gasteiger charge is -2.42. The Morgan fingerprint density at radius 3 is 1.42 bits per heavy atom. The summed E-state index contributed by atoms with van der Waals surface area (Å²) in [5.41, 5.74) is -5.36. The first-order chi connectivity index (χ1) is 28.4. The van der Waals surface area contributed by atoms with Crippen molar-refractivity contribution in [1.82, 2.24) is 0 Å².